The fourth-order valence-electron chi connectivity index (χ4n) is 8.09. The number of aromatic nitrogens is 7. The molecule has 1 aromatic carbocycles. The average Bonchev–Trinajstić information content (AvgIpc) is 3.90. The molecule has 2 saturated heterocycles. The molecule has 1 aliphatic carbocycles. The van der Waals surface area contributed by atoms with Crippen LogP contribution < -0.4 is 15.5 Å². The molecular formula is C40H42FN13O2. The molecule has 2 aliphatic heterocycles. The number of pyridine rings is 2. The lowest BCUT2D eigenvalue weighted by atomic mass is 9.79. The number of anilines is 2. The van der Waals surface area contributed by atoms with Gasteiger partial charge < -0.3 is 10.2 Å². The van der Waals surface area contributed by atoms with Crippen LogP contribution in [0.1, 0.15) is 74.6 Å². The number of nitrogens with zero attached hydrogens (tertiary/aromatic N) is 11. The maximum absolute atomic E-state index is 15.5. The molecule has 1 saturated carbocycles. The van der Waals surface area contributed by atoms with Crippen LogP contribution in [-0.2, 0) is 15.3 Å². The molecule has 8 rings (SSSR count). The SMILES string of the molecule is C[C@H](C#N)Nc1cc(-n2ncc3cc(C#N)cnc32)ncc1-n1cc(C2CCC(CCN3CCN(c4ccc(C5(F)CCC(=O)NC5=O)cc4)CC3)CC2)nn1. The molecule has 15 nitrogen and oxygen atoms in total. The number of carbonyl (C=O) groups excluding carboxylic acids is 2. The summed E-state index contributed by atoms with van der Waals surface area (Å²) in [5.74, 6) is 0.175. The molecule has 286 valence electrons. The first-order chi connectivity index (χ1) is 27.2. The summed E-state index contributed by atoms with van der Waals surface area (Å²) < 4.78 is 18.8. The Morgan fingerprint density at radius 3 is 2.54 bits per heavy atom. The Kier molecular flexibility index (Phi) is 10.1. The zero-order valence-electron chi connectivity index (χ0n) is 31.1. The number of nitrogens with one attached hydrogen (secondary N) is 2. The summed E-state index contributed by atoms with van der Waals surface area (Å²) in [4.78, 5) is 37.6. The van der Waals surface area contributed by atoms with Crippen molar-refractivity contribution >= 4 is 34.2 Å². The highest BCUT2D eigenvalue weighted by Gasteiger charge is 2.44. The van der Waals surface area contributed by atoms with Crippen molar-refractivity contribution in [2.75, 3.05) is 42.9 Å². The van der Waals surface area contributed by atoms with Gasteiger partial charge in [-0.2, -0.15) is 20.3 Å². The molecule has 4 aromatic heterocycles. The Bertz CT molecular complexity index is 2330. The monoisotopic (exact) mass is 755 g/mol. The van der Waals surface area contributed by atoms with E-state index in [-0.39, 0.29) is 18.4 Å². The highest BCUT2D eigenvalue weighted by molar-refractivity contribution is 6.02. The number of hydrogen-bond acceptors (Lipinski definition) is 12. The number of benzene rings is 1. The van der Waals surface area contributed by atoms with E-state index in [0.717, 1.165) is 81.6 Å². The van der Waals surface area contributed by atoms with Gasteiger partial charge in [0.1, 0.15) is 17.8 Å². The van der Waals surface area contributed by atoms with Crippen LogP contribution in [0.5, 0.6) is 0 Å². The maximum Gasteiger partial charge on any atom is 0.268 e. The van der Waals surface area contributed by atoms with Gasteiger partial charge in [0, 0.05) is 68.3 Å². The molecule has 2 amide bonds. The summed E-state index contributed by atoms with van der Waals surface area (Å²) in [6.45, 7) is 6.50. The largest absolute Gasteiger partial charge is 0.369 e. The number of amides is 2. The van der Waals surface area contributed by atoms with Crippen molar-refractivity contribution in [3.63, 3.8) is 0 Å². The Balaban J connectivity index is 0.838. The van der Waals surface area contributed by atoms with Crippen molar-refractivity contribution in [3.8, 4) is 23.6 Å². The van der Waals surface area contributed by atoms with Crippen molar-refractivity contribution in [1.29, 1.82) is 10.5 Å². The van der Waals surface area contributed by atoms with Gasteiger partial charge in [-0.25, -0.2) is 19.0 Å². The van der Waals surface area contributed by atoms with Gasteiger partial charge in [-0.15, -0.1) is 5.10 Å². The quantitative estimate of drug-likeness (QED) is 0.188. The number of imide groups is 1. The minimum atomic E-state index is -2.17. The average molecular weight is 756 g/mol. The molecule has 2 N–H and O–H groups in total. The van der Waals surface area contributed by atoms with E-state index in [4.69, 9.17) is 0 Å². The van der Waals surface area contributed by atoms with Gasteiger partial charge in [-0.1, -0.05) is 17.3 Å². The van der Waals surface area contributed by atoms with Crippen LogP contribution in [-0.4, -0.2) is 90.2 Å². The molecule has 3 fully saturated rings. The molecule has 2 atom stereocenters. The van der Waals surface area contributed by atoms with Crippen molar-refractivity contribution in [3.05, 3.63) is 78.0 Å². The molecule has 16 heteroatoms. The third-order valence-electron chi connectivity index (χ3n) is 11.4. The normalized spacial score (nSPS) is 22.3. The second-order valence-electron chi connectivity index (χ2n) is 15.0. The van der Waals surface area contributed by atoms with Gasteiger partial charge in [0.05, 0.1) is 41.6 Å². The smallest absolute Gasteiger partial charge is 0.268 e. The number of nitriles is 2. The van der Waals surface area contributed by atoms with Crippen LogP contribution in [0.4, 0.5) is 15.8 Å². The first-order valence-corrected chi connectivity index (χ1v) is 19.1. The summed E-state index contributed by atoms with van der Waals surface area (Å²) in [6, 6.07) is 14.5. The number of rotatable bonds is 10. The number of carbonyl (C=O) groups is 2. The van der Waals surface area contributed by atoms with Crippen molar-refractivity contribution in [2.45, 2.75) is 69.5 Å². The standard InChI is InChI=1S/C40H42FN13O2/c1-26(20-42)47-33-19-36(54-38-30(23-46-54)18-28(21-43)22-45-38)44-24-35(33)53-25-34(49-50-53)29-4-2-27(3-5-29)11-13-51-14-16-52(17-15-51)32-8-6-31(7-9-32)40(41)12-10-37(55)48-39(40)56/h6-9,18-19,22-27,29H,2-5,10-17H2,1H3,(H,44,47)(H,48,55,56)/t26-,27?,29?,40?/m1/s1. The number of fused-ring (bicyclic) bond motifs is 1. The third-order valence-corrected chi connectivity index (χ3v) is 11.4. The maximum atomic E-state index is 15.5. The van der Waals surface area contributed by atoms with E-state index in [2.05, 4.69) is 58.0 Å². The number of hydrogen-bond donors (Lipinski definition) is 2. The first kappa shape index (κ1) is 36.7. The molecule has 56 heavy (non-hydrogen) atoms. The summed E-state index contributed by atoms with van der Waals surface area (Å²) in [6.07, 6.45) is 12.2. The summed E-state index contributed by atoms with van der Waals surface area (Å²) in [5, 5.41) is 38.4. The lowest BCUT2D eigenvalue weighted by molar-refractivity contribution is -0.144. The highest BCUT2D eigenvalue weighted by Crippen LogP contribution is 2.38. The minimum Gasteiger partial charge on any atom is -0.369 e. The van der Waals surface area contributed by atoms with Crippen LogP contribution >= 0.6 is 0 Å². The zero-order chi connectivity index (χ0) is 38.8. The number of piperidine rings is 1. The second kappa shape index (κ2) is 15.5. The van der Waals surface area contributed by atoms with Crippen molar-refractivity contribution in [1.82, 2.24) is 45.0 Å². The Labute approximate surface area is 323 Å². The van der Waals surface area contributed by atoms with E-state index < -0.39 is 23.5 Å². The predicted molar refractivity (Wildman–Crippen MR) is 205 cm³/mol. The van der Waals surface area contributed by atoms with E-state index in [1.807, 2.05) is 24.4 Å². The van der Waals surface area contributed by atoms with E-state index in [0.29, 0.717) is 40.2 Å². The Hall–Kier alpha value is -6.26. The fourth-order valence-corrected chi connectivity index (χ4v) is 8.09. The number of alkyl halides is 1. The van der Waals surface area contributed by atoms with E-state index >= 15 is 4.39 Å². The minimum absolute atomic E-state index is 0.00593. The van der Waals surface area contributed by atoms with Crippen LogP contribution in [0.3, 0.4) is 0 Å². The second-order valence-corrected chi connectivity index (χ2v) is 15.0. The van der Waals surface area contributed by atoms with Crippen LogP contribution in [0.25, 0.3) is 22.5 Å². The molecule has 5 aromatic rings. The van der Waals surface area contributed by atoms with Crippen LogP contribution in [0.2, 0.25) is 0 Å². The zero-order valence-corrected chi connectivity index (χ0v) is 31.1. The van der Waals surface area contributed by atoms with E-state index in [1.165, 1.54) is 6.20 Å². The Morgan fingerprint density at radius 1 is 1.02 bits per heavy atom. The molecule has 6 heterocycles. The summed E-state index contributed by atoms with van der Waals surface area (Å²) >= 11 is 0. The molecule has 0 radical (unpaired) electrons. The lowest BCUT2D eigenvalue weighted by Gasteiger charge is -2.37. The van der Waals surface area contributed by atoms with Gasteiger partial charge in [-0.05, 0) is 75.3 Å². The molecule has 0 spiro atoms. The van der Waals surface area contributed by atoms with Crippen molar-refractivity contribution in [2.24, 2.45) is 5.92 Å². The number of piperazine rings is 1. The predicted octanol–water partition coefficient (Wildman–Crippen LogP) is 4.68. The Morgan fingerprint density at radius 2 is 1.80 bits per heavy atom. The summed E-state index contributed by atoms with van der Waals surface area (Å²) in [5.41, 5.74) is 2.41. The lowest BCUT2D eigenvalue weighted by Crippen LogP contribution is -2.49. The number of halogens is 1. The van der Waals surface area contributed by atoms with Gasteiger partial charge in [-0.3, -0.25) is 19.8 Å². The van der Waals surface area contributed by atoms with Gasteiger partial charge in [0.15, 0.2) is 11.5 Å². The van der Waals surface area contributed by atoms with Gasteiger partial charge in [0.25, 0.3) is 5.91 Å². The highest BCUT2D eigenvalue weighted by atomic mass is 19.1. The molecule has 3 aliphatic rings. The van der Waals surface area contributed by atoms with Crippen LogP contribution in [0.15, 0.2) is 61.2 Å². The van der Waals surface area contributed by atoms with Gasteiger partial charge >= 0.3 is 0 Å². The molecule has 1 unspecified atom stereocenters. The summed E-state index contributed by atoms with van der Waals surface area (Å²) in [7, 11) is 0. The fraction of sp³-hybridized carbons (Fsp3) is 0.425. The van der Waals surface area contributed by atoms with E-state index in [9.17, 15) is 20.1 Å². The van der Waals surface area contributed by atoms with Crippen LogP contribution in [0, 0.1) is 28.6 Å². The molecular weight excluding hydrogens is 714 g/mol. The third kappa shape index (κ3) is 7.40. The molecule has 0 bridgehead atoms. The van der Waals surface area contributed by atoms with Crippen molar-refractivity contribution < 1.29 is 14.0 Å². The van der Waals surface area contributed by atoms with Gasteiger partial charge in [0.2, 0.25) is 11.6 Å². The topological polar surface area (TPSA) is 187 Å². The first-order valence-electron chi connectivity index (χ1n) is 19.1. The van der Waals surface area contributed by atoms with E-state index in [1.54, 1.807) is 46.9 Å².